The second-order valence-electron chi connectivity index (χ2n) is 5.89. The maximum absolute atomic E-state index is 13.0. The fourth-order valence-corrected chi connectivity index (χ4v) is 2.94. The van der Waals surface area contributed by atoms with E-state index in [-0.39, 0.29) is 24.2 Å². The molecule has 25 heavy (non-hydrogen) atoms. The van der Waals surface area contributed by atoms with Crippen molar-refractivity contribution in [1.82, 2.24) is 5.32 Å². The van der Waals surface area contributed by atoms with Crippen molar-refractivity contribution in [1.29, 1.82) is 0 Å². The summed E-state index contributed by atoms with van der Waals surface area (Å²) in [5, 5.41) is 6.09. The van der Waals surface area contributed by atoms with Crippen LogP contribution in [0, 0.1) is 12.7 Å². The van der Waals surface area contributed by atoms with Gasteiger partial charge in [0, 0.05) is 29.4 Å². The number of anilines is 2. The monoisotopic (exact) mass is 361 g/mol. The van der Waals surface area contributed by atoms with Crippen LogP contribution >= 0.6 is 11.6 Å². The summed E-state index contributed by atoms with van der Waals surface area (Å²) in [6.07, 6.45) is 0.194. The Bertz CT molecular complexity index is 810. The smallest absolute Gasteiger partial charge is 0.319 e. The number of rotatable bonds is 3. The van der Waals surface area contributed by atoms with Gasteiger partial charge in [0.05, 0.1) is 6.04 Å². The van der Waals surface area contributed by atoms with E-state index in [2.05, 4.69) is 10.6 Å². The zero-order valence-electron chi connectivity index (χ0n) is 13.6. The highest BCUT2D eigenvalue weighted by Gasteiger charge is 2.31. The minimum absolute atomic E-state index is 0.115. The lowest BCUT2D eigenvalue weighted by molar-refractivity contribution is -0.117. The summed E-state index contributed by atoms with van der Waals surface area (Å²) in [5.74, 6) is -0.475. The molecule has 3 rings (SSSR count). The Kier molecular flexibility index (Phi) is 4.90. The van der Waals surface area contributed by atoms with Gasteiger partial charge in [0.1, 0.15) is 5.82 Å². The van der Waals surface area contributed by atoms with Crippen LogP contribution in [0.2, 0.25) is 5.02 Å². The minimum atomic E-state index is -0.399. The quantitative estimate of drug-likeness (QED) is 0.875. The highest BCUT2D eigenvalue weighted by molar-refractivity contribution is 6.31. The van der Waals surface area contributed by atoms with Gasteiger partial charge in [0.2, 0.25) is 5.91 Å². The highest BCUT2D eigenvalue weighted by Crippen LogP contribution is 2.24. The summed E-state index contributed by atoms with van der Waals surface area (Å²) >= 11 is 6.04. The van der Waals surface area contributed by atoms with Crippen LogP contribution in [0.4, 0.5) is 20.6 Å². The van der Waals surface area contributed by atoms with Crippen molar-refractivity contribution in [2.75, 3.05) is 16.8 Å². The molecule has 0 unspecified atom stereocenters. The second kappa shape index (κ2) is 7.11. The molecule has 2 N–H and O–H groups in total. The van der Waals surface area contributed by atoms with Crippen molar-refractivity contribution in [2.24, 2.45) is 0 Å². The van der Waals surface area contributed by atoms with E-state index < -0.39 is 6.03 Å². The SMILES string of the molecule is Cc1c(Cl)cccc1NC(=O)N[C@@H]1CC(=O)N(c2ccc(F)cc2)C1. The first kappa shape index (κ1) is 17.2. The van der Waals surface area contributed by atoms with Gasteiger partial charge < -0.3 is 15.5 Å². The fourth-order valence-electron chi connectivity index (χ4n) is 2.76. The molecular weight excluding hydrogens is 345 g/mol. The molecule has 2 aromatic carbocycles. The Hall–Kier alpha value is -2.60. The van der Waals surface area contributed by atoms with Crippen LogP contribution in [-0.2, 0) is 4.79 Å². The van der Waals surface area contributed by atoms with Crippen LogP contribution in [0.25, 0.3) is 0 Å². The molecule has 7 heteroatoms. The molecule has 130 valence electrons. The molecule has 0 aliphatic carbocycles. The van der Waals surface area contributed by atoms with Gasteiger partial charge in [-0.2, -0.15) is 0 Å². The van der Waals surface area contributed by atoms with Crippen molar-refractivity contribution in [2.45, 2.75) is 19.4 Å². The van der Waals surface area contributed by atoms with Crippen molar-refractivity contribution >= 4 is 34.9 Å². The number of carbonyl (C=O) groups excluding carboxylic acids is 2. The topological polar surface area (TPSA) is 61.4 Å². The minimum Gasteiger partial charge on any atom is -0.333 e. The number of urea groups is 1. The summed E-state index contributed by atoms with van der Waals surface area (Å²) in [5.41, 5.74) is 2.00. The van der Waals surface area contributed by atoms with Crippen LogP contribution in [0.1, 0.15) is 12.0 Å². The molecule has 5 nitrogen and oxygen atoms in total. The summed E-state index contributed by atoms with van der Waals surface area (Å²) in [6, 6.07) is 10.2. The van der Waals surface area contributed by atoms with Gasteiger partial charge in [-0.3, -0.25) is 4.79 Å². The average molecular weight is 362 g/mol. The van der Waals surface area contributed by atoms with Gasteiger partial charge in [0.25, 0.3) is 0 Å². The highest BCUT2D eigenvalue weighted by atomic mass is 35.5. The van der Waals surface area contributed by atoms with E-state index in [1.54, 1.807) is 30.3 Å². The third-order valence-electron chi connectivity index (χ3n) is 4.11. The number of nitrogens with zero attached hydrogens (tertiary/aromatic N) is 1. The predicted octanol–water partition coefficient (Wildman–Crippen LogP) is 3.71. The van der Waals surface area contributed by atoms with Gasteiger partial charge in [-0.15, -0.1) is 0 Å². The lowest BCUT2D eigenvalue weighted by Crippen LogP contribution is -2.39. The maximum Gasteiger partial charge on any atom is 0.319 e. The molecule has 3 amide bonds. The van der Waals surface area contributed by atoms with E-state index in [1.165, 1.54) is 17.0 Å². The molecule has 1 heterocycles. The van der Waals surface area contributed by atoms with Crippen molar-refractivity contribution in [3.8, 4) is 0 Å². The summed E-state index contributed by atoms with van der Waals surface area (Å²) in [6.45, 7) is 2.15. The largest absolute Gasteiger partial charge is 0.333 e. The van der Waals surface area contributed by atoms with Crippen LogP contribution in [-0.4, -0.2) is 24.5 Å². The number of amides is 3. The first-order valence-electron chi connectivity index (χ1n) is 7.82. The third-order valence-corrected chi connectivity index (χ3v) is 4.52. The Morgan fingerprint density at radius 2 is 1.96 bits per heavy atom. The molecule has 1 fully saturated rings. The first-order valence-corrected chi connectivity index (χ1v) is 8.20. The van der Waals surface area contributed by atoms with E-state index in [4.69, 9.17) is 11.6 Å². The van der Waals surface area contributed by atoms with Crippen LogP contribution in [0.5, 0.6) is 0 Å². The number of nitrogens with one attached hydrogen (secondary N) is 2. The number of halogens is 2. The number of benzene rings is 2. The molecule has 0 spiro atoms. The molecule has 0 aromatic heterocycles. The summed E-state index contributed by atoms with van der Waals surface area (Å²) in [4.78, 5) is 25.9. The van der Waals surface area contributed by atoms with Crippen molar-refractivity contribution < 1.29 is 14.0 Å². The standard InChI is InChI=1S/C18H17ClFN3O2/c1-11-15(19)3-2-4-16(11)22-18(25)21-13-9-17(24)23(10-13)14-7-5-12(20)6-8-14/h2-8,13H,9-10H2,1H3,(H2,21,22,25)/t13-/m1/s1. The molecular formula is C18H17ClFN3O2. The number of carbonyl (C=O) groups is 2. The summed E-state index contributed by atoms with van der Waals surface area (Å²) in [7, 11) is 0. The van der Waals surface area contributed by atoms with Gasteiger partial charge >= 0.3 is 6.03 Å². The zero-order chi connectivity index (χ0) is 18.0. The molecule has 1 aliphatic heterocycles. The van der Waals surface area contributed by atoms with E-state index in [0.29, 0.717) is 22.9 Å². The fraction of sp³-hybridized carbons (Fsp3) is 0.222. The molecule has 0 saturated carbocycles. The van der Waals surface area contributed by atoms with Crippen LogP contribution < -0.4 is 15.5 Å². The maximum atomic E-state index is 13.0. The van der Waals surface area contributed by atoms with E-state index >= 15 is 0 Å². The number of hydrogen-bond donors (Lipinski definition) is 2. The Morgan fingerprint density at radius 1 is 1.24 bits per heavy atom. The van der Waals surface area contributed by atoms with Gasteiger partial charge in [-0.1, -0.05) is 17.7 Å². The van der Waals surface area contributed by atoms with E-state index in [0.717, 1.165) is 5.56 Å². The normalized spacial score (nSPS) is 16.8. The van der Waals surface area contributed by atoms with E-state index in [9.17, 15) is 14.0 Å². The predicted molar refractivity (Wildman–Crippen MR) is 95.5 cm³/mol. The molecule has 1 atom stereocenters. The third kappa shape index (κ3) is 3.91. The van der Waals surface area contributed by atoms with Crippen LogP contribution in [0.15, 0.2) is 42.5 Å². The molecule has 1 saturated heterocycles. The second-order valence-corrected chi connectivity index (χ2v) is 6.30. The Morgan fingerprint density at radius 3 is 2.68 bits per heavy atom. The van der Waals surface area contributed by atoms with Gasteiger partial charge in [-0.05, 0) is 48.9 Å². The van der Waals surface area contributed by atoms with Crippen molar-refractivity contribution in [3.05, 3.63) is 58.9 Å². The Balaban J connectivity index is 1.62. The summed E-state index contributed by atoms with van der Waals surface area (Å²) < 4.78 is 13.0. The molecule has 2 aromatic rings. The van der Waals surface area contributed by atoms with Gasteiger partial charge in [0.15, 0.2) is 0 Å². The average Bonchev–Trinajstić information content (AvgIpc) is 2.93. The molecule has 1 aliphatic rings. The molecule has 0 radical (unpaired) electrons. The number of hydrogen-bond acceptors (Lipinski definition) is 2. The lowest BCUT2D eigenvalue weighted by Gasteiger charge is -2.17. The van der Waals surface area contributed by atoms with Gasteiger partial charge in [-0.25, -0.2) is 9.18 Å². The van der Waals surface area contributed by atoms with Crippen LogP contribution in [0.3, 0.4) is 0 Å². The van der Waals surface area contributed by atoms with Crippen molar-refractivity contribution in [3.63, 3.8) is 0 Å². The van der Waals surface area contributed by atoms with E-state index in [1.807, 2.05) is 6.92 Å². The zero-order valence-corrected chi connectivity index (χ0v) is 14.3. The lowest BCUT2D eigenvalue weighted by atomic mass is 10.2. The first-order chi connectivity index (χ1) is 11.9. The molecule has 0 bridgehead atoms. The Labute approximate surface area is 149 Å².